The van der Waals surface area contributed by atoms with Gasteiger partial charge in [0.2, 0.25) is 5.91 Å². The molecule has 1 heterocycles. The molecule has 2 atom stereocenters. The number of ether oxygens (including phenoxy) is 1. The number of alkyl halides is 5. The molecular weight excluding hydrogens is 457 g/mol. The summed E-state index contributed by atoms with van der Waals surface area (Å²) in [6.07, 6.45) is -7.39. The maximum absolute atomic E-state index is 13.9. The van der Waals surface area contributed by atoms with Crippen molar-refractivity contribution in [2.75, 3.05) is 0 Å². The first kappa shape index (κ1) is 23.7. The molecule has 1 aliphatic heterocycles. The second kappa shape index (κ2) is 8.38. The molecule has 2 amide bonds. The Hall–Kier alpha value is -3.49. The topological polar surface area (TPSA) is 46.6 Å². The van der Waals surface area contributed by atoms with Crippen molar-refractivity contribution < 1.29 is 36.3 Å². The highest BCUT2D eigenvalue weighted by atomic mass is 19.4. The first-order valence-electron chi connectivity index (χ1n) is 10.5. The molecule has 0 bridgehead atoms. The average Bonchev–Trinajstić information content (AvgIpc) is 3.06. The van der Waals surface area contributed by atoms with Crippen LogP contribution in [0.5, 0.6) is 0 Å². The van der Waals surface area contributed by atoms with E-state index in [2.05, 4.69) is 0 Å². The average molecular weight is 477 g/mol. The number of carbonyl (C=O) groups excluding carboxylic acids is 2. The lowest BCUT2D eigenvalue weighted by Crippen LogP contribution is -2.38. The number of halogens is 5. The Morgan fingerprint density at radius 3 is 2.29 bits per heavy atom. The summed E-state index contributed by atoms with van der Waals surface area (Å²) in [6.45, 7) is 1.91. The first-order valence-corrected chi connectivity index (χ1v) is 10.5. The Morgan fingerprint density at radius 1 is 0.971 bits per heavy atom. The van der Waals surface area contributed by atoms with E-state index in [-0.39, 0.29) is 12.0 Å². The molecule has 9 heteroatoms. The normalized spacial score (nSPS) is 18.9. The molecule has 3 aromatic carbocycles. The number of carbonyl (C=O) groups is 2. The minimum atomic E-state index is -4.88. The molecule has 34 heavy (non-hydrogen) atoms. The van der Waals surface area contributed by atoms with Crippen molar-refractivity contribution in [2.45, 2.75) is 44.5 Å². The zero-order valence-corrected chi connectivity index (χ0v) is 18.2. The van der Waals surface area contributed by atoms with Gasteiger partial charge in [-0.15, -0.1) is 0 Å². The third kappa shape index (κ3) is 4.47. The van der Waals surface area contributed by atoms with Crippen LogP contribution in [-0.2, 0) is 28.1 Å². The molecule has 0 aromatic heterocycles. The lowest BCUT2D eigenvalue weighted by molar-refractivity contribution is -0.138. The Morgan fingerprint density at radius 2 is 1.62 bits per heavy atom. The van der Waals surface area contributed by atoms with Gasteiger partial charge in [0.25, 0.3) is 5.92 Å². The summed E-state index contributed by atoms with van der Waals surface area (Å²) < 4.78 is 73.1. The van der Waals surface area contributed by atoms with Crippen LogP contribution in [0, 0.1) is 0 Å². The maximum Gasteiger partial charge on any atom is 0.417 e. The Labute approximate surface area is 191 Å². The van der Waals surface area contributed by atoms with Crippen molar-refractivity contribution in [1.82, 2.24) is 4.90 Å². The van der Waals surface area contributed by atoms with Crippen molar-refractivity contribution in [3.8, 4) is 0 Å². The van der Waals surface area contributed by atoms with Crippen LogP contribution in [0.15, 0.2) is 60.7 Å². The monoisotopic (exact) mass is 477 g/mol. The second-order valence-electron chi connectivity index (χ2n) is 8.35. The predicted molar refractivity (Wildman–Crippen MR) is 114 cm³/mol. The summed E-state index contributed by atoms with van der Waals surface area (Å²) in [6, 6.07) is 13.7. The summed E-state index contributed by atoms with van der Waals surface area (Å²) in [5.74, 6) is -4.16. The van der Waals surface area contributed by atoms with Gasteiger partial charge in [-0.1, -0.05) is 42.5 Å². The van der Waals surface area contributed by atoms with Crippen molar-refractivity contribution >= 4 is 22.8 Å². The van der Waals surface area contributed by atoms with E-state index in [1.807, 2.05) is 30.3 Å². The summed E-state index contributed by atoms with van der Waals surface area (Å²) in [5, 5.41) is 1.72. The number of hydrogen-bond donors (Lipinski definition) is 0. The third-order valence-corrected chi connectivity index (χ3v) is 5.88. The SMILES string of the molecule is C[C@H]1[C@@H](c2cc(C(C)(F)F)cc(C(F)(F)F)c2)OC(=O)N1C(=O)Cc1cccc2ccccc12. The van der Waals surface area contributed by atoms with Gasteiger partial charge in [-0.25, -0.2) is 18.5 Å². The Bertz CT molecular complexity index is 1230. The highest BCUT2D eigenvalue weighted by molar-refractivity contribution is 5.97. The van der Waals surface area contributed by atoms with E-state index in [0.29, 0.717) is 24.6 Å². The van der Waals surface area contributed by atoms with Gasteiger partial charge in [-0.2, -0.15) is 13.2 Å². The molecule has 178 valence electrons. The van der Waals surface area contributed by atoms with Crippen molar-refractivity contribution in [3.05, 3.63) is 82.9 Å². The number of cyclic esters (lactones) is 1. The second-order valence-corrected chi connectivity index (χ2v) is 8.35. The quantitative estimate of drug-likeness (QED) is 0.397. The number of fused-ring (bicyclic) bond motifs is 1. The number of rotatable bonds is 4. The van der Waals surface area contributed by atoms with Crippen molar-refractivity contribution in [2.24, 2.45) is 0 Å². The van der Waals surface area contributed by atoms with Gasteiger partial charge in [-0.3, -0.25) is 4.79 Å². The van der Waals surface area contributed by atoms with E-state index in [0.717, 1.165) is 21.7 Å². The van der Waals surface area contributed by atoms with Crippen LogP contribution in [0.1, 0.15) is 42.2 Å². The molecule has 0 aliphatic carbocycles. The van der Waals surface area contributed by atoms with Crippen molar-refractivity contribution in [1.29, 1.82) is 0 Å². The van der Waals surface area contributed by atoms with Crippen LogP contribution in [-0.4, -0.2) is 22.9 Å². The van der Waals surface area contributed by atoms with Gasteiger partial charge < -0.3 is 4.74 Å². The molecule has 3 aromatic rings. The van der Waals surface area contributed by atoms with Crippen LogP contribution in [0.2, 0.25) is 0 Å². The minimum absolute atomic E-state index is 0.144. The zero-order valence-electron chi connectivity index (χ0n) is 18.2. The fourth-order valence-electron chi connectivity index (χ4n) is 4.17. The largest absolute Gasteiger partial charge is 0.439 e. The Balaban J connectivity index is 1.65. The van der Waals surface area contributed by atoms with Gasteiger partial charge in [0.1, 0.15) is 6.10 Å². The van der Waals surface area contributed by atoms with E-state index in [4.69, 9.17) is 4.74 Å². The summed E-state index contributed by atoms with van der Waals surface area (Å²) >= 11 is 0. The van der Waals surface area contributed by atoms with Gasteiger partial charge in [-0.05, 0) is 47.0 Å². The maximum atomic E-state index is 13.9. The van der Waals surface area contributed by atoms with E-state index in [1.54, 1.807) is 12.1 Å². The van der Waals surface area contributed by atoms with Crippen LogP contribution >= 0.6 is 0 Å². The fourth-order valence-corrected chi connectivity index (χ4v) is 4.17. The van der Waals surface area contributed by atoms with Crippen molar-refractivity contribution in [3.63, 3.8) is 0 Å². The van der Waals surface area contributed by atoms with Gasteiger partial charge >= 0.3 is 12.3 Å². The smallest absolute Gasteiger partial charge is 0.417 e. The van der Waals surface area contributed by atoms with Gasteiger partial charge in [0.15, 0.2) is 0 Å². The molecule has 0 N–H and O–H groups in total. The molecule has 1 fully saturated rings. The molecule has 1 saturated heterocycles. The minimum Gasteiger partial charge on any atom is -0.439 e. The summed E-state index contributed by atoms with van der Waals surface area (Å²) in [5.41, 5.74) is -1.74. The highest BCUT2D eigenvalue weighted by Crippen LogP contribution is 2.40. The molecule has 0 spiro atoms. The van der Waals surface area contributed by atoms with E-state index in [9.17, 15) is 31.5 Å². The molecule has 0 radical (unpaired) electrons. The van der Waals surface area contributed by atoms with E-state index >= 15 is 0 Å². The number of amides is 2. The fraction of sp³-hybridized carbons (Fsp3) is 0.280. The zero-order chi connectivity index (χ0) is 24.8. The summed E-state index contributed by atoms with van der Waals surface area (Å²) in [7, 11) is 0. The van der Waals surface area contributed by atoms with Crippen LogP contribution in [0.3, 0.4) is 0 Å². The number of imide groups is 1. The number of nitrogens with zero attached hydrogens (tertiary/aromatic N) is 1. The van der Waals surface area contributed by atoms with Gasteiger partial charge in [0.05, 0.1) is 18.0 Å². The van der Waals surface area contributed by atoms with Crippen LogP contribution < -0.4 is 0 Å². The third-order valence-electron chi connectivity index (χ3n) is 5.88. The molecule has 1 aliphatic rings. The van der Waals surface area contributed by atoms with Crippen LogP contribution in [0.4, 0.5) is 26.7 Å². The Kier molecular flexibility index (Phi) is 5.83. The van der Waals surface area contributed by atoms with E-state index < -0.39 is 47.4 Å². The van der Waals surface area contributed by atoms with E-state index in [1.165, 1.54) is 6.92 Å². The molecule has 4 rings (SSSR count). The lowest BCUT2D eigenvalue weighted by Gasteiger charge is -2.22. The van der Waals surface area contributed by atoms with Gasteiger partial charge in [0, 0.05) is 12.5 Å². The number of benzene rings is 3. The van der Waals surface area contributed by atoms with Crippen LogP contribution in [0.25, 0.3) is 10.8 Å². The molecule has 0 saturated carbocycles. The number of hydrogen-bond acceptors (Lipinski definition) is 3. The molecular formula is C25H20F5NO3. The lowest BCUT2D eigenvalue weighted by atomic mass is 9.95. The first-order chi connectivity index (χ1) is 15.9. The molecule has 4 nitrogen and oxygen atoms in total. The summed E-state index contributed by atoms with van der Waals surface area (Å²) in [4.78, 5) is 26.4. The molecule has 0 unspecified atom stereocenters. The predicted octanol–water partition coefficient (Wildman–Crippen LogP) is 6.62. The highest BCUT2D eigenvalue weighted by Gasteiger charge is 2.45. The standard InChI is InChI=1S/C25H20F5NO3/c1-14-22(17-10-18(24(2,26)27)13-19(11-17)25(28,29)30)34-23(33)31(14)21(32)12-16-8-5-7-15-6-3-4-9-20(15)16/h3-11,13-14,22H,12H2,1-2H3/t14-,22-/m0/s1.